The minimum atomic E-state index is 0.614. The van der Waals surface area contributed by atoms with Crippen molar-refractivity contribution in [1.82, 2.24) is 5.32 Å². The van der Waals surface area contributed by atoms with Crippen molar-refractivity contribution >= 4 is 5.69 Å². The first-order chi connectivity index (χ1) is 9.63. The third-order valence-electron chi connectivity index (χ3n) is 5.05. The Balaban J connectivity index is 1.53. The van der Waals surface area contributed by atoms with E-state index in [0.29, 0.717) is 6.04 Å². The van der Waals surface area contributed by atoms with E-state index in [1.807, 2.05) is 0 Å². The minimum Gasteiger partial charge on any atom is -0.378 e. The van der Waals surface area contributed by atoms with E-state index in [0.717, 1.165) is 24.3 Å². The second-order valence-corrected chi connectivity index (χ2v) is 6.67. The van der Waals surface area contributed by atoms with Gasteiger partial charge in [0, 0.05) is 32.4 Å². The van der Waals surface area contributed by atoms with E-state index in [4.69, 9.17) is 0 Å². The number of rotatable bonds is 5. The molecular formula is C18H26N2. The average Bonchev–Trinajstić information content (AvgIpc) is 3.08. The lowest BCUT2D eigenvalue weighted by Gasteiger charge is -2.26. The van der Waals surface area contributed by atoms with Crippen LogP contribution in [0.15, 0.2) is 36.4 Å². The monoisotopic (exact) mass is 270 g/mol. The van der Waals surface area contributed by atoms with Gasteiger partial charge in [-0.25, -0.2) is 0 Å². The summed E-state index contributed by atoms with van der Waals surface area (Å²) in [5.41, 5.74) is 2.64. The highest BCUT2D eigenvalue weighted by Gasteiger charge is 2.38. The van der Waals surface area contributed by atoms with Crippen LogP contribution in [-0.2, 0) is 6.54 Å². The summed E-state index contributed by atoms with van der Waals surface area (Å²) < 4.78 is 0. The topological polar surface area (TPSA) is 15.3 Å². The first-order valence-electron chi connectivity index (χ1n) is 7.81. The van der Waals surface area contributed by atoms with Crippen molar-refractivity contribution in [3.63, 3.8) is 0 Å². The molecule has 0 aromatic heterocycles. The Hall–Kier alpha value is -1.28. The first-order valence-corrected chi connectivity index (χ1v) is 7.81. The van der Waals surface area contributed by atoms with E-state index < -0.39 is 0 Å². The van der Waals surface area contributed by atoms with Crippen LogP contribution in [0.1, 0.15) is 25.3 Å². The Morgan fingerprint density at radius 3 is 2.45 bits per heavy atom. The molecule has 0 heterocycles. The summed E-state index contributed by atoms with van der Waals surface area (Å²) in [6.07, 6.45) is 7.65. The predicted octanol–water partition coefficient (Wildman–Crippen LogP) is 3.44. The molecule has 0 radical (unpaired) electrons. The summed E-state index contributed by atoms with van der Waals surface area (Å²) in [6, 6.07) is 9.47. The molecule has 2 bridgehead atoms. The van der Waals surface area contributed by atoms with Gasteiger partial charge in [-0.3, -0.25) is 0 Å². The van der Waals surface area contributed by atoms with E-state index in [-0.39, 0.29) is 0 Å². The zero-order valence-corrected chi connectivity index (χ0v) is 12.8. The largest absolute Gasteiger partial charge is 0.378 e. The van der Waals surface area contributed by atoms with Gasteiger partial charge in [0.15, 0.2) is 0 Å². The lowest BCUT2D eigenvalue weighted by molar-refractivity contribution is 0.326. The first kappa shape index (κ1) is 13.7. The van der Waals surface area contributed by atoms with Gasteiger partial charge in [-0.1, -0.05) is 24.3 Å². The Morgan fingerprint density at radius 2 is 1.90 bits per heavy atom. The van der Waals surface area contributed by atoms with Crippen LogP contribution in [0, 0.1) is 17.8 Å². The Kier molecular flexibility index (Phi) is 3.84. The standard InChI is InChI=1S/C18H26N2/c1-13(18-11-15-4-7-16(18)10-15)19-12-14-5-8-17(9-6-14)20(2)3/h4-9,13,15-16,18-19H,10-12H2,1-3H3. The van der Waals surface area contributed by atoms with E-state index >= 15 is 0 Å². The summed E-state index contributed by atoms with van der Waals surface area (Å²) in [7, 11) is 4.16. The lowest BCUT2D eigenvalue weighted by Crippen LogP contribution is -2.35. The number of anilines is 1. The fourth-order valence-electron chi connectivity index (χ4n) is 3.74. The molecule has 4 atom stereocenters. The molecule has 2 aliphatic rings. The van der Waals surface area contributed by atoms with Gasteiger partial charge in [0.25, 0.3) is 0 Å². The number of hydrogen-bond acceptors (Lipinski definition) is 2. The molecule has 1 saturated carbocycles. The van der Waals surface area contributed by atoms with Gasteiger partial charge in [-0.2, -0.15) is 0 Å². The lowest BCUT2D eigenvalue weighted by atomic mass is 9.87. The fraction of sp³-hybridized carbons (Fsp3) is 0.556. The molecule has 3 rings (SSSR count). The van der Waals surface area contributed by atoms with Crippen molar-refractivity contribution in [3.8, 4) is 0 Å². The number of nitrogens with one attached hydrogen (secondary N) is 1. The van der Waals surface area contributed by atoms with Crippen molar-refractivity contribution in [2.24, 2.45) is 17.8 Å². The molecule has 1 aromatic carbocycles. The van der Waals surface area contributed by atoms with Gasteiger partial charge >= 0.3 is 0 Å². The number of hydrogen-bond donors (Lipinski definition) is 1. The van der Waals surface area contributed by atoms with Crippen molar-refractivity contribution in [2.75, 3.05) is 19.0 Å². The second-order valence-electron chi connectivity index (χ2n) is 6.67. The molecule has 0 saturated heterocycles. The van der Waals surface area contributed by atoms with Crippen molar-refractivity contribution in [2.45, 2.75) is 32.4 Å². The van der Waals surface area contributed by atoms with Crippen LogP contribution >= 0.6 is 0 Å². The zero-order valence-electron chi connectivity index (χ0n) is 12.8. The number of nitrogens with zero attached hydrogens (tertiary/aromatic N) is 1. The normalized spacial score (nSPS) is 28.9. The number of fused-ring (bicyclic) bond motifs is 2. The zero-order chi connectivity index (χ0) is 14.1. The van der Waals surface area contributed by atoms with E-state index in [9.17, 15) is 0 Å². The molecule has 20 heavy (non-hydrogen) atoms. The molecular weight excluding hydrogens is 244 g/mol. The van der Waals surface area contributed by atoms with Crippen LogP contribution in [0.5, 0.6) is 0 Å². The quantitative estimate of drug-likeness (QED) is 0.825. The molecule has 4 unspecified atom stereocenters. The van der Waals surface area contributed by atoms with E-state index in [1.165, 1.54) is 24.1 Å². The third kappa shape index (κ3) is 2.76. The van der Waals surface area contributed by atoms with E-state index in [2.05, 4.69) is 67.7 Å². The van der Waals surface area contributed by atoms with Crippen LogP contribution in [-0.4, -0.2) is 20.1 Å². The molecule has 1 fully saturated rings. The van der Waals surface area contributed by atoms with Crippen LogP contribution < -0.4 is 10.2 Å². The highest BCUT2D eigenvalue weighted by atomic mass is 15.1. The summed E-state index contributed by atoms with van der Waals surface area (Å²) in [5.74, 6) is 2.54. The van der Waals surface area contributed by atoms with Crippen LogP contribution in [0.4, 0.5) is 5.69 Å². The molecule has 0 amide bonds. The molecule has 1 N–H and O–H groups in total. The predicted molar refractivity (Wildman–Crippen MR) is 85.9 cm³/mol. The molecule has 2 nitrogen and oxygen atoms in total. The van der Waals surface area contributed by atoms with Gasteiger partial charge < -0.3 is 10.2 Å². The van der Waals surface area contributed by atoms with Crippen molar-refractivity contribution in [1.29, 1.82) is 0 Å². The van der Waals surface area contributed by atoms with E-state index in [1.54, 1.807) is 0 Å². The maximum absolute atomic E-state index is 3.73. The maximum Gasteiger partial charge on any atom is 0.0361 e. The average molecular weight is 270 g/mol. The van der Waals surface area contributed by atoms with Crippen LogP contribution in [0.2, 0.25) is 0 Å². The second kappa shape index (κ2) is 5.61. The molecule has 2 heteroatoms. The smallest absolute Gasteiger partial charge is 0.0361 e. The fourth-order valence-corrected chi connectivity index (χ4v) is 3.74. The Bertz CT molecular complexity index is 475. The summed E-state index contributed by atoms with van der Waals surface area (Å²) in [4.78, 5) is 2.14. The van der Waals surface area contributed by atoms with Crippen molar-refractivity contribution in [3.05, 3.63) is 42.0 Å². The summed E-state index contributed by atoms with van der Waals surface area (Å²) >= 11 is 0. The SMILES string of the molecule is CC(NCc1ccc(N(C)C)cc1)C1CC2C=CC1C2. The molecule has 0 spiro atoms. The highest BCUT2D eigenvalue weighted by Crippen LogP contribution is 2.44. The van der Waals surface area contributed by atoms with Gasteiger partial charge in [-0.15, -0.1) is 0 Å². The number of allylic oxidation sites excluding steroid dienone is 2. The van der Waals surface area contributed by atoms with Gasteiger partial charge in [0.05, 0.1) is 0 Å². The maximum atomic E-state index is 3.73. The molecule has 2 aliphatic carbocycles. The molecule has 0 aliphatic heterocycles. The summed E-state index contributed by atoms with van der Waals surface area (Å²) in [5, 5.41) is 3.73. The third-order valence-corrected chi connectivity index (χ3v) is 5.05. The van der Waals surface area contributed by atoms with Crippen LogP contribution in [0.25, 0.3) is 0 Å². The summed E-state index contributed by atoms with van der Waals surface area (Å²) in [6.45, 7) is 3.33. The molecule has 1 aromatic rings. The highest BCUT2D eigenvalue weighted by molar-refractivity contribution is 5.45. The van der Waals surface area contributed by atoms with Gasteiger partial charge in [-0.05, 0) is 55.2 Å². The van der Waals surface area contributed by atoms with Gasteiger partial charge in [0.1, 0.15) is 0 Å². The minimum absolute atomic E-state index is 0.614. The van der Waals surface area contributed by atoms with Gasteiger partial charge in [0.2, 0.25) is 0 Å². The van der Waals surface area contributed by atoms with Crippen LogP contribution in [0.3, 0.4) is 0 Å². The number of benzene rings is 1. The Morgan fingerprint density at radius 1 is 1.15 bits per heavy atom. The molecule has 108 valence electrons. The Labute approximate surface area is 122 Å². The van der Waals surface area contributed by atoms with Crippen molar-refractivity contribution < 1.29 is 0 Å².